The van der Waals surface area contributed by atoms with Gasteiger partial charge in [-0.15, -0.1) is 11.8 Å². The van der Waals surface area contributed by atoms with Crippen molar-refractivity contribution in [3.8, 4) is 0 Å². The number of benzene rings is 1. The van der Waals surface area contributed by atoms with Crippen molar-refractivity contribution in [3.63, 3.8) is 0 Å². The van der Waals surface area contributed by atoms with E-state index in [1.807, 2.05) is 6.26 Å². The van der Waals surface area contributed by atoms with Gasteiger partial charge in [0.15, 0.2) is 9.86 Å². The van der Waals surface area contributed by atoms with Crippen molar-refractivity contribution in [1.82, 2.24) is 9.97 Å². The van der Waals surface area contributed by atoms with E-state index in [1.165, 1.54) is 21.8 Å². The van der Waals surface area contributed by atoms with Crippen LogP contribution in [0.1, 0.15) is 10.6 Å². The average molecular weight is 353 g/mol. The van der Waals surface area contributed by atoms with Crippen LogP contribution in [-0.4, -0.2) is 23.3 Å². The molecule has 3 aromatic rings. The van der Waals surface area contributed by atoms with Crippen molar-refractivity contribution in [2.45, 2.75) is 5.03 Å². The number of aromatic nitrogens is 3. The molecular formula is C18H17N4S2+. The number of anilines is 1. The summed E-state index contributed by atoms with van der Waals surface area (Å²) in [5.74, 6) is 0. The molecule has 0 amide bonds. The van der Waals surface area contributed by atoms with Gasteiger partial charge in [-0.2, -0.15) is 4.57 Å². The molecule has 1 aliphatic rings. The molecule has 0 radical (unpaired) electrons. The number of aryl methyl sites for hydroxylation is 1. The van der Waals surface area contributed by atoms with Crippen molar-refractivity contribution in [1.29, 1.82) is 0 Å². The van der Waals surface area contributed by atoms with Crippen LogP contribution >= 0.6 is 23.1 Å². The molecular weight excluding hydrogens is 336 g/mol. The van der Waals surface area contributed by atoms with Gasteiger partial charge in [0.25, 0.3) is 10.5 Å². The number of fused-ring (bicyclic) bond motifs is 2. The molecule has 1 aliphatic heterocycles. The lowest BCUT2D eigenvalue weighted by molar-refractivity contribution is -0.643. The van der Waals surface area contributed by atoms with Crippen LogP contribution in [0.25, 0.3) is 22.0 Å². The smallest absolute Gasteiger partial charge is 0.275 e. The number of rotatable bonds is 2. The zero-order valence-corrected chi connectivity index (χ0v) is 15.4. The van der Waals surface area contributed by atoms with Gasteiger partial charge in [-0.25, -0.2) is 9.97 Å². The van der Waals surface area contributed by atoms with Crippen LogP contribution < -0.4 is 9.47 Å². The van der Waals surface area contributed by atoms with Crippen LogP contribution in [0.4, 0.5) is 5.69 Å². The number of para-hydroxylation sites is 1. The Morgan fingerprint density at radius 1 is 1.25 bits per heavy atom. The molecule has 0 unspecified atom stereocenters. The summed E-state index contributed by atoms with van der Waals surface area (Å²) in [5, 5.41) is 2.18. The second-order valence-electron chi connectivity index (χ2n) is 5.58. The highest BCUT2D eigenvalue weighted by Crippen LogP contribution is 2.34. The molecule has 0 saturated carbocycles. The summed E-state index contributed by atoms with van der Waals surface area (Å²) in [7, 11) is 4.16. The normalized spacial score (nSPS) is 15.3. The Labute approximate surface area is 149 Å². The largest absolute Gasteiger partial charge is 0.351 e. The monoisotopic (exact) mass is 353 g/mol. The topological polar surface area (TPSA) is 32.9 Å². The predicted molar refractivity (Wildman–Crippen MR) is 102 cm³/mol. The van der Waals surface area contributed by atoms with Crippen molar-refractivity contribution >= 4 is 50.8 Å². The maximum Gasteiger partial charge on any atom is 0.275 e. The average Bonchev–Trinajstić information content (AvgIpc) is 2.94. The first-order chi connectivity index (χ1) is 11.7. The molecule has 0 bridgehead atoms. The lowest BCUT2D eigenvalue weighted by Crippen LogP contribution is -2.30. The molecule has 4 rings (SSSR count). The zero-order valence-electron chi connectivity index (χ0n) is 13.7. The summed E-state index contributed by atoms with van der Waals surface area (Å²) in [6, 6.07) is 8.48. The van der Waals surface area contributed by atoms with Crippen LogP contribution in [-0.2, 0) is 7.05 Å². The van der Waals surface area contributed by atoms with Gasteiger partial charge in [-0.05, 0) is 35.3 Å². The maximum atomic E-state index is 4.44. The van der Waals surface area contributed by atoms with Crippen molar-refractivity contribution in [3.05, 3.63) is 53.4 Å². The standard InChI is InChI=1S/C18H17N4S2/c1-21-9-8-12(13-6-4-5-7-14(13)21)10-15-22(2)16-17(23-3)19-11-20-18(16)24-15/h4-11H,1-3H3/q+1. The van der Waals surface area contributed by atoms with Gasteiger partial charge >= 0.3 is 0 Å². The first kappa shape index (κ1) is 15.4. The van der Waals surface area contributed by atoms with Gasteiger partial charge in [-0.3, -0.25) is 0 Å². The van der Waals surface area contributed by atoms with Gasteiger partial charge in [-0.1, -0.05) is 18.2 Å². The van der Waals surface area contributed by atoms with Gasteiger partial charge in [0.05, 0.1) is 0 Å². The Hall–Kier alpha value is -2.18. The summed E-state index contributed by atoms with van der Waals surface area (Å²) in [6.45, 7) is 0. The molecule has 0 atom stereocenters. The lowest BCUT2D eigenvalue weighted by Gasteiger charge is -2.23. The number of hydrogen-bond donors (Lipinski definition) is 0. The molecule has 0 aliphatic carbocycles. The van der Waals surface area contributed by atoms with E-state index in [2.05, 4.69) is 76.1 Å². The third-order valence-corrected chi connectivity index (χ3v) is 5.95. The van der Waals surface area contributed by atoms with Crippen molar-refractivity contribution < 1.29 is 4.57 Å². The minimum Gasteiger partial charge on any atom is -0.351 e. The second kappa shape index (κ2) is 6.03. The lowest BCUT2D eigenvalue weighted by atomic mass is 10.00. The van der Waals surface area contributed by atoms with E-state index in [9.17, 15) is 0 Å². The van der Waals surface area contributed by atoms with E-state index < -0.39 is 0 Å². The number of hydrogen-bond acceptors (Lipinski definition) is 5. The van der Waals surface area contributed by atoms with Gasteiger partial charge < -0.3 is 4.90 Å². The van der Waals surface area contributed by atoms with Crippen LogP contribution in [0.3, 0.4) is 0 Å². The molecule has 1 aromatic carbocycles. The molecule has 120 valence electrons. The minimum absolute atomic E-state index is 1.02. The Morgan fingerprint density at radius 2 is 2.08 bits per heavy atom. The Bertz CT molecular complexity index is 988. The molecule has 0 saturated heterocycles. The van der Waals surface area contributed by atoms with Crippen molar-refractivity contribution in [2.24, 2.45) is 7.05 Å². The first-order valence-electron chi connectivity index (χ1n) is 7.58. The van der Waals surface area contributed by atoms with E-state index in [0.29, 0.717) is 0 Å². The second-order valence-corrected chi connectivity index (χ2v) is 7.38. The molecule has 0 fully saturated rings. The van der Waals surface area contributed by atoms with Crippen molar-refractivity contribution in [2.75, 3.05) is 18.2 Å². The van der Waals surface area contributed by atoms with Crippen LogP contribution in [0, 0.1) is 0 Å². The fraction of sp³-hybridized carbons (Fsp3) is 0.167. The summed E-state index contributed by atoms with van der Waals surface area (Å²) >= 11 is 3.35. The highest BCUT2D eigenvalue weighted by atomic mass is 32.2. The van der Waals surface area contributed by atoms with Crippen LogP contribution in [0.5, 0.6) is 0 Å². The number of thiazole rings is 1. The summed E-state index contributed by atoms with van der Waals surface area (Å²) in [6.07, 6.45) is 10.2. The van der Waals surface area contributed by atoms with E-state index >= 15 is 0 Å². The molecule has 24 heavy (non-hydrogen) atoms. The molecule has 0 spiro atoms. The summed E-state index contributed by atoms with van der Waals surface area (Å²) < 4.78 is 2.19. The quantitative estimate of drug-likeness (QED) is 0.399. The SMILES string of the molecule is CSc1ncnc2sc(/C=C3\C=CN(C)c4ccccc43)[n+](C)c12. The highest BCUT2D eigenvalue weighted by Gasteiger charge is 2.22. The fourth-order valence-corrected chi connectivity index (χ4v) is 4.60. The Morgan fingerprint density at radius 3 is 2.92 bits per heavy atom. The number of thioether (sulfide) groups is 1. The predicted octanol–water partition coefficient (Wildman–Crippen LogP) is 3.74. The molecule has 4 nitrogen and oxygen atoms in total. The number of nitrogens with zero attached hydrogens (tertiary/aromatic N) is 4. The molecule has 3 heterocycles. The van der Waals surface area contributed by atoms with E-state index in [-0.39, 0.29) is 0 Å². The Kier molecular flexibility index (Phi) is 3.86. The van der Waals surface area contributed by atoms with Crippen LogP contribution in [0.15, 0.2) is 47.9 Å². The highest BCUT2D eigenvalue weighted by molar-refractivity contribution is 7.98. The van der Waals surface area contributed by atoms with E-state index in [4.69, 9.17) is 0 Å². The molecule has 2 aromatic heterocycles. The first-order valence-corrected chi connectivity index (χ1v) is 9.63. The van der Waals surface area contributed by atoms with Gasteiger partial charge in [0.1, 0.15) is 13.4 Å². The van der Waals surface area contributed by atoms with Crippen LogP contribution in [0.2, 0.25) is 0 Å². The fourth-order valence-electron chi connectivity index (χ4n) is 2.91. The zero-order chi connectivity index (χ0) is 16.7. The van der Waals surface area contributed by atoms with E-state index in [1.54, 1.807) is 29.4 Å². The molecule has 0 N–H and O–H groups in total. The minimum atomic E-state index is 1.02. The Balaban J connectivity index is 1.89. The third-order valence-electron chi connectivity index (χ3n) is 4.17. The maximum absolute atomic E-state index is 4.44. The number of allylic oxidation sites excluding steroid dienone is 2. The van der Waals surface area contributed by atoms with Gasteiger partial charge in [0, 0.05) is 30.6 Å². The van der Waals surface area contributed by atoms with Gasteiger partial charge in [0.2, 0.25) is 0 Å². The molecule has 6 heteroatoms. The summed E-state index contributed by atoms with van der Waals surface area (Å²) in [4.78, 5) is 12.0. The summed E-state index contributed by atoms with van der Waals surface area (Å²) in [5.41, 5.74) is 4.78. The van der Waals surface area contributed by atoms with E-state index in [0.717, 1.165) is 15.4 Å². The third kappa shape index (κ3) is 2.42.